The topological polar surface area (TPSA) is 19.7 Å². The Balaban J connectivity index is 3.13. The van der Waals surface area contributed by atoms with Crippen LogP contribution in [0, 0.1) is 6.92 Å². The first kappa shape index (κ1) is 8.31. The third-order valence-electron chi connectivity index (χ3n) is 1.88. The van der Waals surface area contributed by atoms with Gasteiger partial charge in [0, 0.05) is 5.56 Å². The predicted octanol–water partition coefficient (Wildman–Crippen LogP) is 1.45. The summed E-state index contributed by atoms with van der Waals surface area (Å²) in [6, 6.07) is 0. The minimum atomic E-state index is 0.252. The quantitative estimate of drug-likeness (QED) is 0.544. The summed E-state index contributed by atoms with van der Waals surface area (Å²) < 4.78 is 2.00. The third-order valence-corrected chi connectivity index (χ3v) is 1.88. The molecule has 0 saturated carbocycles. The number of hydrogen-bond donors (Lipinski definition) is 1. The minimum absolute atomic E-state index is 0.252. The van der Waals surface area contributed by atoms with E-state index in [9.17, 15) is 0 Å². The Labute approximate surface area is 68.2 Å². The van der Waals surface area contributed by atoms with Crippen LogP contribution in [0.25, 0.3) is 0 Å². The van der Waals surface area contributed by atoms with Gasteiger partial charge in [-0.1, -0.05) is 20.8 Å². The Morgan fingerprint density at radius 2 is 1.91 bits per heavy atom. The first-order valence-corrected chi connectivity index (χ1v) is 3.97. The van der Waals surface area contributed by atoms with Crippen LogP contribution in [-0.4, -0.2) is 5.10 Å². The number of aromatic nitrogens is 2. The Hall–Kier alpha value is -0.790. The van der Waals surface area contributed by atoms with E-state index in [-0.39, 0.29) is 5.41 Å². The van der Waals surface area contributed by atoms with Crippen molar-refractivity contribution in [2.24, 2.45) is 7.05 Å². The van der Waals surface area contributed by atoms with Crippen LogP contribution in [0.4, 0.5) is 0 Å². The lowest BCUT2D eigenvalue weighted by atomic mass is 9.88. The fourth-order valence-corrected chi connectivity index (χ4v) is 1.40. The molecule has 0 aromatic carbocycles. The molecule has 1 rings (SSSR count). The molecule has 0 atom stereocenters. The zero-order valence-electron chi connectivity index (χ0n) is 8.02. The second-order valence-corrected chi connectivity index (χ2v) is 4.14. The van der Waals surface area contributed by atoms with E-state index < -0.39 is 0 Å². The maximum atomic E-state index is 3.23. The number of nitrogens with one attached hydrogen (secondary N) is 1. The number of aryl methyl sites for hydroxylation is 2. The molecule has 1 aromatic heterocycles. The van der Waals surface area contributed by atoms with E-state index >= 15 is 0 Å². The van der Waals surface area contributed by atoms with Crippen LogP contribution >= 0.6 is 0 Å². The maximum absolute atomic E-state index is 3.23. The summed E-state index contributed by atoms with van der Waals surface area (Å²) >= 11 is 0. The minimum Gasteiger partial charge on any atom is -0.170 e. The zero-order chi connectivity index (χ0) is 8.65. The number of nitrogens with zero attached hydrogens (tertiary/aromatic N) is 1. The first-order valence-electron chi connectivity index (χ1n) is 3.97. The van der Waals surface area contributed by atoms with E-state index in [2.05, 4.69) is 39.0 Å². The third kappa shape index (κ3) is 1.62. The molecule has 0 unspecified atom stereocenters. The molecule has 2 nitrogen and oxygen atoms in total. The Bertz CT molecular complexity index is 253. The molecule has 0 saturated heterocycles. The molecule has 0 aliphatic rings. The van der Waals surface area contributed by atoms with Gasteiger partial charge in [-0.25, -0.2) is 0 Å². The van der Waals surface area contributed by atoms with Crippen molar-refractivity contribution in [1.29, 1.82) is 0 Å². The highest BCUT2D eigenvalue weighted by Gasteiger charge is 2.21. The van der Waals surface area contributed by atoms with E-state index in [0.29, 0.717) is 0 Å². The van der Waals surface area contributed by atoms with Gasteiger partial charge in [0.05, 0.1) is 5.69 Å². The summed E-state index contributed by atoms with van der Waals surface area (Å²) in [5.74, 6) is 0. The molecule has 62 valence electrons. The van der Waals surface area contributed by atoms with Gasteiger partial charge in [0.1, 0.15) is 0 Å². The first-order chi connectivity index (χ1) is 4.91. The monoisotopic (exact) mass is 153 g/mol. The molecule has 11 heavy (non-hydrogen) atoms. The molecule has 0 aliphatic carbocycles. The number of hydrogen-bond acceptors (Lipinski definition) is 0. The van der Waals surface area contributed by atoms with Gasteiger partial charge in [-0.15, -0.1) is 4.68 Å². The van der Waals surface area contributed by atoms with Crippen molar-refractivity contribution in [2.75, 3.05) is 0 Å². The van der Waals surface area contributed by atoms with E-state index in [0.717, 1.165) is 0 Å². The van der Waals surface area contributed by atoms with Crippen LogP contribution in [-0.2, 0) is 12.5 Å². The summed E-state index contributed by atoms with van der Waals surface area (Å²) in [4.78, 5) is 0. The molecule has 0 bridgehead atoms. The molecular weight excluding hydrogens is 136 g/mol. The van der Waals surface area contributed by atoms with Crippen molar-refractivity contribution in [2.45, 2.75) is 33.1 Å². The van der Waals surface area contributed by atoms with Crippen molar-refractivity contribution in [3.05, 3.63) is 17.5 Å². The van der Waals surface area contributed by atoms with Crippen LogP contribution in [0.1, 0.15) is 32.0 Å². The summed E-state index contributed by atoms with van der Waals surface area (Å²) in [5.41, 5.74) is 2.90. The smallest absolute Gasteiger partial charge is 0.170 e. The second kappa shape index (κ2) is 2.36. The fourth-order valence-electron chi connectivity index (χ4n) is 1.40. The van der Waals surface area contributed by atoms with Crippen molar-refractivity contribution >= 4 is 0 Å². The largest absolute Gasteiger partial charge is 0.199 e. The molecular formula is C9H17N2+. The molecule has 0 fully saturated rings. The Morgan fingerprint density at radius 1 is 1.36 bits per heavy atom. The molecule has 0 aliphatic heterocycles. The van der Waals surface area contributed by atoms with Gasteiger partial charge in [-0.05, 0) is 12.3 Å². The lowest BCUT2D eigenvalue weighted by Gasteiger charge is -2.14. The SMILES string of the molecule is Cc1[nH][n+](C)cc1C(C)(C)C. The van der Waals surface area contributed by atoms with E-state index in [4.69, 9.17) is 0 Å². The summed E-state index contributed by atoms with van der Waals surface area (Å²) in [6.07, 6.45) is 2.15. The Kier molecular flexibility index (Phi) is 1.78. The molecule has 0 radical (unpaired) electrons. The molecule has 0 spiro atoms. The van der Waals surface area contributed by atoms with Gasteiger partial charge < -0.3 is 0 Å². The average Bonchev–Trinajstić information content (AvgIpc) is 2.08. The van der Waals surface area contributed by atoms with Gasteiger partial charge >= 0.3 is 0 Å². The van der Waals surface area contributed by atoms with Gasteiger partial charge in [-0.2, -0.15) is 5.10 Å². The normalized spacial score (nSPS) is 12.1. The van der Waals surface area contributed by atoms with Crippen LogP contribution < -0.4 is 4.68 Å². The summed E-state index contributed by atoms with van der Waals surface area (Å²) in [5, 5.41) is 3.23. The van der Waals surface area contributed by atoms with Crippen LogP contribution in [0.2, 0.25) is 0 Å². The fraction of sp³-hybridized carbons (Fsp3) is 0.667. The van der Waals surface area contributed by atoms with Gasteiger partial charge in [-0.3, -0.25) is 0 Å². The van der Waals surface area contributed by atoms with E-state index in [1.807, 2.05) is 11.7 Å². The zero-order valence-corrected chi connectivity index (χ0v) is 8.02. The molecule has 2 heteroatoms. The Morgan fingerprint density at radius 3 is 2.09 bits per heavy atom. The summed E-state index contributed by atoms with van der Waals surface area (Å²) in [6.45, 7) is 8.79. The summed E-state index contributed by atoms with van der Waals surface area (Å²) in [7, 11) is 2.02. The van der Waals surface area contributed by atoms with E-state index in [1.165, 1.54) is 11.3 Å². The van der Waals surface area contributed by atoms with Gasteiger partial charge in [0.2, 0.25) is 0 Å². The lowest BCUT2D eigenvalue weighted by molar-refractivity contribution is -0.727. The van der Waals surface area contributed by atoms with Crippen molar-refractivity contribution < 1.29 is 4.68 Å². The van der Waals surface area contributed by atoms with Crippen molar-refractivity contribution in [1.82, 2.24) is 5.10 Å². The standard InChI is InChI=1S/C9H16N2/c1-7-8(9(2,3)4)6-11(5)10-7/h6H,1-5H3/p+1. The highest BCUT2D eigenvalue weighted by atomic mass is 15.2. The average molecular weight is 153 g/mol. The highest BCUT2D eigenvalue weighted by Crippen LogP contribution is 2.22. The van der Waals surface area contributed by atoms with Crippen molar-refractivity contribution in [3.63, 3.8) is 0 Å². The van der Waals surface area contributed by atoms with Crippen LogP contribution in [0.15, 0.2) is 6.20 Å². The van der Waals surface area contributed by atoms with E-state index in [1.54, 1.807) is 0 Å². The van der Waals surface area contributed by atoms with Crippen LogP contribution in [0.5, 0.6) is 0 Å². The molecule has 0 amide bonds. The molecule has 1 aromatic rings. The number of rotatable bonds is 0. The predicted molar refractivity (Wildman–Crippen MR) is 45.4 cm³/mol. The van der Waals surface area contributed by atoms with Gasteiger partial charge in [0.25, 0.3) is 0 Å². The number of aromatic amines is 1. The van der Waals surface area contributed by atoms with Crippen LogP contribution in [0.3, 0.4) is 0 Å². The highest BCUT2D eigenvalue weighted by molar-refractivity contribution is 5.20. The lowest BCUT2D eigenvalue weighted by Crippen LogP contribution is -2.28. The van der Waals surface area contributed by atoms with Crippen molar-refractivity contribution in [3.8, 4) is 0 Å². The number of H-pyrrole nitrogens is 1. The molecule has 1 heterocycles. The molecule has 1 N–H and O–H groups in total. The maximum Gasteiger partial charge on any atom is 0.199 e. The second-order valence-electron chi connectivity index (χ2n) is 4.14. The van der Waals surface area contributed by atoms with Gasteiger partial charge in [0.15, 0.2) is 13.2 Å².